The highest BCUT2D eigenvalue weighted by Gasteiger charge is 2.49. The number of nitrogen functional groups attached to an aromatic ring is 2. The summed E-state index contributed by atoms with van der Waals surface area (Å²) in [4.78, 5) is 4.06. The number of aromatic nitrogens is 1. The summed E-state index contributed by atoms with van der Waals surface area (Å²) in [6, 6.07) is 17.7. The van der Waals surface area contributed by atoms with Crippen LogP contribution in [0.5, 0.6) is 5.88 Å². The lowest BCUT2D eigenvalue weighted by Gasteiger charge is -2.15. The molecule has 10 heteroatoms. The first-order chi connectivity index (χ1) is 14.6. The lowest BCUT2D eigenvalue weighted by molar-refractivity contribution is -0.0501. The molecule has 2 atom stereocenters. The van der Waals surface area contributed by atoms with E-state index in [-0.39, 0.29) is 17.5 Å². The van der Waals surface area contributed by atoms with Gasteiger partial charge in [-0.05, 0) is 41.7 Å². The number of halogens is 3. The van der Waals surface area contributed by atoms with Crippen LogP contribution < -0.4 is 15.7 Å². The molecule has 0 saturated heterocycles. The minimum Gasteiger partial charge on any atom is -0.399 e. The van der Waals surface area contributed by atoms with Crippen LogP contribution in [0.15, 0.2) is 60.7 Å². The number of nitrogens with zero attached hydrogens (tertiary/aromatic N) is 1. The largest absolute Gasteiger partial charge is 0.534 e. The Balaban J connectivity index is 1.79. The molecule has 1 aliphatic rings. The summed E-state index contributed by atoms with van der Waals surface area (Å²) in [6.45, 7) is 0. The van der Waals surface area contributed by atoms with Gasteiger partial charge in [-0.15, -0.1) is 0 Å². The zero-order valence-corrected chi connectivity index (χ0v) is 16.8. The molecule has 0 bridgehead atoms. The molecule has 3 aromatic rings. The van der Waals surface area contributed by atoms with Gasteiger partial charge in [0, 0.05) is 22.9 Å². The van der Waals surface area contributed by atoms with Crippen LogP contribution in [0.3, 0.4) is 0 Å². The van der Waals surface area contributed by atoms with Crippen molar-refractivity contribution in [1.29, 1.82) is 0 Å². The smallest absolute Gasteiger partial charge is 0.399 e. The van der Waals surface area contributed by atoms with Crippen LogP contribution in [-0.2, 0) is 10.1 Å². The Bertz CT molecular complexity index is 1210. The second-order valence-corrected chi connectivity index (χ2v) is 8.82. The summed E-state index contributed by atoms with van der Waals surface area (Å²) in [6.07, 6.45) is 0.716. The maximum atomic E-state index is 12.9. The van der Waals surface area contributed by atoms with E-state index in [9.17, 15) is 21.6 Å². The lowest BCUT2D eigenvalue weighted by atomic mass is 10.0. The second-order valence-electron chi connectivity index (χ2n) is 7.28. The minimum atomic E-state index is -5.93. The van der Waals surface area contributed by atoms with E-state index in [2.05, 4.69) is 9.17 Å². The van der Waals surface area contributed by atoms with Crippen molar-refractivity contribution in [2.45, 2.75) is 23.8 Å². The van der Waals surface area contributed by atoms with Crippen molar-refractivity contribution >= 4 is 21.5 Å². The van der Waals surface area contributed by atoms with Crippen LogP contribution in [0.4, 0.5) is 24.5 Å². The molecule has 162 valence electrons. The number of rotatable bonds is 5. The molecule has 1 heterocycles. The number of pyridine rings is 1. The first-order valence-electron chi connectivity index (χ1n) is 9.29. The van der Waals surface area contributed by atoms with E-state index in [0.717, 1.165) is 5.56 Å². The third-order valence-corrected chi connectivity index (χ3v) is 6.08. The molecule has 31 heavy (non-hydrogen) atoms. The quantitative estimate of drug-likeness (QED) is 0.339. The van der Waals surface area contributed by atoms with Crippen LogP contribution in [0.2, 0.25) is 0 Å². The zero-order valence-electron chi connectivity index (χ0n) is 16.0. The number of hydrogen-bond acceptors (Lipinski definition) is 6. The highest BCUT2D eigenvalue weighted by Crippen LogP contribution is 2.55. The number of alkyl halides is 3. The highest BCUT2D eigenvalue weighted by atomic mass is 32.2. The van der Waals surface area contributed by atoms with Crippen LogP contribution in [0.1, 0.15) is 29.5 Å². The van der Waals surface area contributed by atoms with E-state index in [4.69, 9.17) is 11.5 Å². The van der Waals surface area contributed by atoms with Crippen molar-refractivity contribution < 1.29 is 25.8 Å². The summed E-state index contributed by atoms with van der Waals surface area (Å²) < 4.78 is 66.1. The van der Waals surface area contributed by atoms with Gasteiger partial charge in [0.1, 0.15) is 5.69 Å². The molecule has 0 aliphatic heterocycles. The van der Waals surface area contributed by atoms with E-state index in [1.54, 1.807) is 30.3 Å². The van der Waals surface area contributed by atoms with E-state index in [1.165, 1.54) is 0 Å². The van der Waals surface area contributed by atoms with E-state index in [0.29, 0.717) is 28.9 Å². The molecule has 4 N–H and O–H groups in total. The van der Waals surface area contributed by atoms with Crippen molar-refractivity contribution in [3.63, 3.8) is 0 Å². The minimum absolute atomic E-state index is 0.105. The molecule has 1 aromatic heterocycles. The second kappa shape index (κ2) is 7.45. The summed E-state index contributed by atoms with van der Waals surface area (Å²) in [7, 11) is -5.93. The third-order valence-electron chi connectivity index (χ3n) is 5.14. The normalized spacial score (nSPS) is 18.5. The van der Waals surface area contributed by atoms with Gasteiger partial charge in [-0.2, -0.15) is 21.6 Å². The molecule has 0 radical (unpaired) electrons. The van der Waals surface area contributed by atoms with Crippen LogP contribution in [-0.4, -0.2) is 18.9 Å². The van der Waals surface area contributed by atoms with Gasteiger partial charge in [-0.3, -0.25) is 0 Å². The molecule has 2 unspecified atom stereocenters. The van der Waals surface area contributed by atoms with Gasteiger partial charge in [0.05, 0.1) is 0 Å². The van der Waals surface area contributed by atoms with Crippen molar-refractivity contribution in [2.75, 3.05) is 11.5 Å². The van der Waals surface area contributed by atoms with Gasteiger partial charge in [0.15, 0.2) is 0 Å². The molecule has 1 saturated carbocycles. The fourth-order valence-electron chi connectivity index (χ4n) is 3.45. The molecular formula is C21H18F3N3O3S. The first kappa shape index (κ1) is 21.0. The summed E-state index contributed by atoms with van der Waals surface area (Å²) in [5, 5.41) is 0. The Morgan fingerprint density at radius 3 is 2.23 bits per heavy atom. The molecule has 2 aromatic carbocycles. The summed E-state index contributed by atoms with van der Waals surface area (Å²) in [5.41, 5.74) is 8.59. The number of anilines is 2. The zero-order chi connectivity index (χ0) is 22.4. The Kier molecular flexibility index (Phi) is 5.04. The van der Waals surface area contributed by atoms with Gasteiger partial charge in [0.2, 0.25) is 0 Å². The van der Waals surface area contributed by atoms with Gasteiger partial charge < -0.3 is 15.7 Å². The summed E-state index contributed by atoms with van der Waals surface area (Å²) >= 11 is 0. The third kappa shape index (κ3) is 4.15. The highest BCUT2D eigenvalue weighted by molar-refractivity contribution is 7.88. The van der Waals surface area contributed by atoms with Gasteiger partial charge >= 0.3 is 15.6 Å². The van der Waals surface area contributed by atoms with Crippen molar-refractivity contribution in [3.05, 3.63) is 71.9 Å². The maximum Gasteiger partial charge on any atom is 0.534 e. The number of hydrogen-bond donors (Lipinski definition) is 2. The van der Waals surface area contributed by atoms with Crippen molar-refractivity contribution in [2.24, 2.45) is 0 Å². The van der Waals surface area contributed by atoms with Gasteiger partial charge in [0.25, 0.3) is 5.88 Å². The number of nitrogens with two attached hydrogens (primary N) is 2. The lowest BCUT2D eigenvalue weighted by Crippen LogP contribution is -2.28. The topological polar surface area (TPSA) is 108 Å². The standard InChI is InChI=1S/C21H18F3N3O3S/c22-21(23,24)31(28,29)30-20-19(26)16(13-6-8-14(25)9-7-13)11-18(27-20)17-10-15(17)12-4-2-1-3-5-12/h1-9,11,15,17H,10,25-26H2. The van der Waals surface area contributed by atoms with Gasteiger partial charge in [-0.1, -0.05) is 42.5 Å². The maximum absolute atomic E-state index is 12.9. The van der Waals surface area contributed by atoms with Crippen LogP contribution in [0, 0.1) is 0 Å². The molecule has 0 spiro atoms. The summed E-state index contributed by atoms with van der Waals surface area (Å²) in [5.74, 6) is -0.782. The van der Waals surface area contributed by atoms with E-state index < -0.39 is 21.5 Å². The Labute approximate surface area is 176 Å². The fourth-order valence-corrected chi connectivity index (χ4v) is 3.88. The Hall–Kier alpha value is -3.27. The molecular weight excluding hydrogens is 431 g/mol. The monoisotopic (exact) mass is 449 g/mol. The average molecular weight is 449 g/mol. The van der Waals surface area contributed by atoms with Gasteiger partial charge in [-0.25, -0.2) is 4.98 Å². The number of benzene rings is 2. The fraction of sp³-hybridized carbons (Fsp3) is 0.190. The average Bonchev–Trinajstić information content (AvgIpc) is 3.51. The SMILES string of the molecule is Nc1ccc(-c2cc(C3CC3c3ccccc3)nc(OS(=O)(=O)C(F)(F)F)c2N)cc1. The Morgan fingerprint density at radius 2 is 1.61 bits per heavy atom. The first-order valence-corrected chi connectivity index (χ1v) is 10.7. The molecule has 6 nitrogen and oxygen atoms in total. The predicted octanol–water partition coefficient (Wildman–Crippen LogP) is 4.41. The Morgan fingerprint density at radius 1 is 0.968 bits per heavy atom. The molecule has 4 rings (SSSR count). The predicted molar refractivity (Wildman–Crippen MR) is 111 cm³/mol. The van der Waals surface area contributed by atoms with E-state index in [1.807, 2.05) is 30.3 Å². The molecule has 1 fully saturated rings. The van der Waals surface area contributed by atoms with Crippen molar-refractivity contribution in [3.8, 4) is 17.0 Å². The van der Waals surface area contributed by atoms with Crippen LogP contribution in [0.25, 0.3) is 11.1 Å². The molecule has 1 aliphatic carbocycles. The van der Waals surface area contributed by atoms with Crippen LogP contribution >= 0.6 is 0 Å². The van der Waals surface area contributed by atoms with E-state index >= 15 is 0 Å². The van der Waals surface area contributed by atoms with Crippen molar-refractivity contribution in [1.82, 2.24) is 4.98 Å². The molecule has 0 amide bonds.